The standard InChI is InChI=1S/C19H24N2O4/c1-13-11-19(23)25-17-12-15(4-5-16(13)17)20-18(22)6-3-14(2)21-7-9-24-10-8-21/h4-5,11-12,14H,3,6-10H2,1-2H3,(H,20,22). The van der Waals surface area contributed by atoms with E-state index in [0.717, 1.165) is 43.7 Å². The number of carbonyl (C=O) groups excluding carboxylic acids is 1. The molecule has 0 bridgehead atoms. The smallest absolute Gasteiger partial charge is 0.336 e. The highest BCUT2D eigenvalue weighted by molar-refractivity contribution is 5.93. The maximum atomic E-state index is 12.2. The molecule has 1 fully saturated rings. The maximum absolute atomic E-state index is 12.2. The molecule has 2 heterocycles. The highest BCUT2D eigenvalue weighted by Crippen LogP contribution is 2.21. The summed E-state index contributed by atoms with van der Waals surface area (Å²) in [5.74, 6) is -0.0329. The SMILES string of the molecule is Cc1cc(=O)oc2cc(NC(=O)CCC(C)N3CCOCC3)ccc12. The van der Waals surface area contributed by atoms with E-state index in [9.17, 15) is 9.59 Å². The number of anilines is 1. The molecule has 1 unspecified atom stereocenters. The summed E-state index contributed by atoms with van der Waals surface area (Å²) in [6.07, 6.45) is 1.25. The Morgan fingerprint density at radius 1 is 1.28 bits per heavy atom. The number of amides is 1. The molecule has 1 atom stereocenters. The second kappa shape index (κ2) is 7.80. The number of nitrogens with one attached hydrogen (secondary N) is 1. The first-order chi connectivity index (χ1) is 12.0. The fraction of sp³-hybridized carbons (Fsp3) is 0.474. The highest BCUT2D eigenvalue weighted by atomic mass is 16.5. The summed E-state index contributed by atoms with van der Waals surface area (Å²) in [6.45, 7) is 7.38. The maximum Gasteiger partial charge on any atom is 0.336 e. The third-order valence-corrected chi connectivity index (χ3v) is 4.69. The molecule has 1 amide bonds. The van der Waals surface area contributed by atoms with Crippen molar-refractivity contribution in [1.82, 2.24) is 4.90 Å². The van der Waals surface area contributed by atoms with Crippen LogP contribution in [0.25, 0.3) is 11.0 Å². The van der Waals surface area contributed by atoms with Crippen molar-refractivity contribution in [3.8, 4) is 0 Å². The number of hydrogen-bond acceptors (Lipinski definition) is 5. The molecule has 1 aliphatic rings. The van der Waals surface area contributed by atoms with E-state index in [1.807, 2.05) is 19.1 Å². The number of carbonyl (C=O) groups is 1. The number of benzene rings is 1. The molecular weight excluding hydrogens is 320 g/mol. The van der Waals surface area contributed by atoms with Gasteiger partial charge in [0, 0.05) is 48.8 Å². The van der Waals surface area contributed by atoms with Crippen LogP contribution < -0.4 is 10.9 Å². The van der Waals surface area contributed by atoms with Gasteiger partial charge < -0.3 is 14.5 Å². The Morgan fingerprint density at radius 2 is 2.04 bits per heavy atom. The Labute approximate surface area is 146 Å². The molecule has 134 valence electrons. The minimum absolute atomic E-state index is 0.0329. The summed E-state index contributed by atoms with van der Waals surface area (Å²) >= 11 is 0. The molecule has 2 aromatic rings. The van der Waals surface area contributed by atoms with Crippen molar-refractivity contribution in [1.29, 1.82) is 0 Å². The topological polar surface area (TPSA) is 71.8 Å². The first-order valence-corrected chi connectivity index (χ1v) is 8.69. The molecule has 1 aromatic carbocycles. The van der Waals surface area contributed by atoms with Crippen LogP contribution in [0.15, 0.2) is 33.5 Å². The predicted molar refractivity (Wildman–Crippen MR) is 96.9 cm³/mol. The van der Waals surface area contributed by atoms with Crippen LogP contribution in [0.5, 0.6) is 0 Å². The van der Waals surface area contributed by atoms with Gasteiger partial charge >= 0.3 is 5.63 Å². The second-order valence-electron chi connectivity index (χ2n) is 6.54. The average Bonchev–Trinajstić information content (AvgIpc) is 2.60. The Kier molecular flexibility index (Phi) is 5.50. The molecule has 1 N–H and O–H groups in total. The largest absolute Gasteiger partial charge is 0.423 e. The van der Waals surface area contributed by atoms with Crippen molar-refractivity contribution in [3.63, 3.8) is 0 Å². The first-order valence-electron chi connectivity index (χ1n) is 8.69. The quantitative estimate of drug-likeness (QED) is 0.844. The molecule has 0 radical (unpaired) electrons. The lowest BCUT2D eigenvalue weighted by molar-refractivity contribution is -0.116. The van der Waals surface area contributed by atoms with Gasteiger partial charge in [-0.15, -0.1) is 0 Å². The summed E-state index contributed by atoms with van der Waals surface area (Å²) in [7, 11) is 0. The van der Waals surface area contributed by atoms with Gasteiger partial charge in [-0.2, -0.15) is 0 Å². The number of morpholine rings is 1. The third-order valence-electron chi connectivity index (χ3n) is 4.69. The lowest BCUT2D eigenvalue weighted by atomic mass is 10.1. The predicted octanol–water partition coefficient (Wildman–Crippen LogP) is 2.54. The number of fused-ring (bicyclic) bond motifs is 1. The van der Waals surface area contributed by atoms with Crippen LogP contribution in [-0.4, -0.2) is 43.2 Å². The lowest BCUT2D eigenvalue weighted by Crippen LogP contribution is -2.42. The molecule has 25 heavy (non-hydrogen) atoms. The summed E-state index contributed by atoms with van der Waals surface area (Å²) in [4.78, 5) is 26.1. The molecule has 6 heteroatoms. The number of rotatable bonds is 5. The Hall–Kier alpha value is -2.18. The van der Waals surface area contributed by atoms with E-state index in [0.29, 0.717) is 23.7 Å². The summed E-state index contributed by atoms with van der Waals surface area (Å²) < 4.78 is 10.6. The molecule has 0 aliphatic carbocycles. The minimum atomic E-state index is -0.382. The van der Waals surface area contributed by atoms with E-state index in [1.54, 1.807) is 6.07 Å². The van der Waals surface area contributed by atoms with Crippen molar-refractivity contribution in [2.75, 3.05) is 31.6 Å². The van der Waals surface area contributed by atoms with Crippen molar-refractivity contribution < 1.29 is 13.9 Å². The Balaban J connectivity index is 1.59. The van der Waals surface area contributed by atoms with Crippen LogP contribution in [0.3, 0.4) is 0 Å². The molecule has 6 nitrogen and oxygen atoms in total. The van der Waals surface area contributed by atoms with Crippen molar-refractivity contribution >= 4 is 22.6 Å². The van der Waals surface area contributed by atoms with Gasteiger partial charge in [0.25, 0.3) is 0 Å². The highest BCUT2D eigenvalue weighted by Gasteiger charge is 2.17. The number of hydrogen-bond donors (Lipinski definition) is 1. The molecule has 3 rings (SSSR count). The number of aryl methyl sites for hydroxylation is 1. The fourth-order valence-electron chi connectivity index (χ4n) is 3.17. The van der Waals surface area contributed by atoms with Gasteiger partial charge in [0.15, 0.2) is 0 Å². The third kappa shape index (κ3) is 4.46. The van der Waals surface area contributed by atoms with Crippen molar-refractivity contribution in [3.05, 3.63) is 40.2 Å². The molecule has 1 saturated heterocycles. The van der Waals surface area contributed by atoms with Crippen molar-refractivity contribution in [2.24, 2.45) is 0 Å². The summed E-state index contributed by atoms with van der Waals surface area (Å²) in [5, 5.41) is 3.76. The number of nitrogens with zero attached hydrogens (tertiary/aromatic N) is 1. The normalized spacial score (nSPS) is 16.7. The van der Waals surface area contributed by atoms with Gasteiger partial charge in [-0.3, -0.25) is 9.69 Å². The van der Waals surface area contributed by atoms with E-state index in [2.05, 4.69) is 17.1 Å². The van der Waals surface area contributed by atoms with E-state index >= 15 is 0 Å². The van der Waals surface area contributed by atoms with E-state index in [1.165, 1.54) is 6.07 Å². The van der Waals surface area contributed by atoms with Crippen LogP contribution in [0.1, 0.15) is 25.3 Å². The summed E-state index contributed by atoms with van der Waals surface area (Å²) in [5.41, 5.74) is 1.62. The number of ether oxygens (including phenoxy) is 1. The van der Waals surface area contributed by atoms with Gasteiger partial charge in [0.05, 0.1) is 13.2 Å². The van der Waals surface area contributed by atoms with Crippen LogP contribution in [0, 0.1) is 6.92 Å². The van der Waals surface area contributed by atoms with Gasteiger partial charge in [-0.25, -0.2) is 4.79 Å². The van der Waals surface area contributed by atoms with Crippen LogP contribution in [-0.2, 0) is 9.53 Å². The zero-order valence-electron chi connectivity index (χ0n) is 14.7. The minimum Gasteiger partial charge on any atom is -0.423 e. The zero-order chi connectivity index (χ0) is 17.8. The van der Waals surface area contributed by atoms with E-state index in [-0.39, 0.29) is 11.5 Å². The van der Waals surface area contributed by atoms with Gasteiger partial charge in [0.2, 0.25) is 5.91 Å². The Morgan fingerprint density at radius 3 is 2.80 bits per heavy atom. The molecule has 0 spiro atoms. The van der Waals surface area contributed by atoms with Crippen LogP contribution in [0.4, 0.5) is 5.69 Å². The van der Waals surface area contributed by atoms with E-state index < -0.39 is 0 Å². The Bertz CT molecular complexity index is 809. The first kappa shape index (κ1) is 17.6. The molecular formula is C19H24N2O4. The lowest BCUT2D eigenvalue weighted by Gasteiger charge is -2.32. The second-order valence-corrected chi connectivity index (χ2v) is 6.54. The van der Waals surface area contributed by atoms with Gasteiger partial charge in [-0.1, -0.05) is 0 Å². The van der Waals surface area contributed by atoms with Crippen LogP contribution >= 0.6 is 0 Å². The summed E-state index contributed by atoms with van der Waals surface area (Å²) in [6, 6.07) is 7.21. The average molecular weight is 344 g/mol. The molecule has 1 aliphatic heterocycles. The van der Waals surface area contributed by atoms with Crippen molar-refractivity contribution in [2.45, 2.75) is 32.7 Å². The molecule has 0 saturated carbocycles. The van der Waals surface area contributed by atoms with Crippen LogP contribution in [0.2, 0.25) is 0 Å². The monoisotopic (exact) mass is 344 g/mol. The van der Waals surface area contributed by atoms with Gasteiger partial charge in [-0.05, 0) is 38.0 Å². The fourth-order valence-corrected chi connectivity index (χ4v) is 3.17. The van der Waals surface area contributed by atoms with E-state index in [4.69, 9.17) is 9.15 Å². The van der Waals surface area contributed by atoms with Gasteiger partial charge in [0.1, 0.15) is 5.58 Å². The zero-order valence-corrected chi connectivity index (χ0v) is 14.7. The molecule has 1 aromatic heterocycles.